The zero-order valence-electron chi connectivity index (χ0n) is 8.40. The topological polar surface area (TPSA) is 29.1 Å². The summed E-state index contributed by atoms with van der Waals surface area (Å²) in [6.45, 7) is 4.00. The highest BCUT2D eigenvalue weighted by Gasteiger charge is 2.04. The molecule has 0 aliphatic heterocycles. The van der Waals surface area contributed by atoms with E-state index in [9.17, 15) is 4.79 Å². The Kier molecular flexibility index (Phi) is 6.34. The fourth-order valence-corrected chi connectivity index (χ4v) is 1.36. The SMILES string of the molecule is CC.CNC(=O)c1cc(Cl)cc(Cl)c1. The molecule has 2 nitrogen and oxygen atoms in total. The molecule has 0 radical (unpaired) electrons. The number of hydrogen-bond acceptors (Lipinski definition) is 1. The summed E-state index contributed by atoms with van der Waals surface area (Å²) in [6, 6.07) is 4.70. The van der Waals surface area contributed by atoms with Gasteiger partial charge in [-0.15, -0.1) is 0 Å². The number of carbonyl (C=O) groups excluding carboxylic acids is 1. The van der Waals surface area contributed by atoms with E-state index in [1.54, 1.807) is 25.2 Å². The molecule has 1 rings (SSSR count). The van der Waals surface area contributed by atoms with Crippen molar-refractivity contribution >= 4 is 29.1 Å². The molecule has 78 valence electrons. The van der Waals surface area contributed by atoms with E-state index < -0.39 is 0 Å². The maximum Gasteiger partial charge on any atom is 0.251 e. The van der Waals surface area contributed by atoms with E-state index in [1.165, 1.54) is 0 Å². The van der Waals surface area contributed by atoms with Gasteiger partial charge >= 0.3 is 0 Å². The van der Waals surface area contributed by atoms with Gasteiger partial charge in [-0.1, -0.05) is 37.0 Å². The number of hydrogen-bond donors (Lipinski definition) is 1. The molecule has 0 aliphatic carbocycles. The van der Waals surface area contributed by atoms with Gasteiger partial charge in [0.25, 0.3) is 5.91 Å². The number of amides is 1. The lowest BCUT2D eigenvalue weighted by atomic mass is 10.2. The van der Waals surface area contributed by atoms with Crippen molar-refractivity contribution in [2.45, 2.75) is 13.8 Å². The first kappa shape index (κ1) is 13.3. The van der Waals surface area contributed by atoms with E-state index in [4.69, 9.17) is 23.2 Å². The first-order chi connectivity index (χ1) is 6.63. The Balaban J connectivity index is 0.000000791. The lowest BCUT2D eigenvalue weighted by Crippen LogP contribution is -2.17. The summed E-state index contributed by atoms with van der Waals surface area (Å²) < 4.78 is 0. The Bertz CT molecular complexity index is 293. The van der Waals surface area contributed by atoms with E-state index in [-0.39, 0.29) is 5.91 Å². The van der Waals surface area contributed by atoms with Gasteiger partial charge in [0.05, 0.1) is 0 Å². The molecule has 14 heavy (non-hydrogen) atoms. The highest BCUT2D eigenvalue weighted by molar-refractivity contribution is 6.35. The molecule has 0 heterocycles. The van der Waals surface area contributed by atoms with Crippen LogP contribution in [0.15, 0.2) is 18.2 Å². The molecular formula is C10H13Cl2NO. The van der Waals surface area contributed by atoms with E-state index >= 15 is 0 Å². The molecule has 1 aromatic carbocycles. The van der Waals surface area contributed by atoms with Gasteiger partial charge in [-0.2, -0.15) is 0 Å². The number of halogens is 2. The molecule has 0 fully saturated rings. The van der Waals surface area contributed by atoms with Crippen LogP contribution in [0, 0.1) is 0 Å². The van der Waals surface area contributed by atoms with Crippen molar-refractivity contribution in [2.24, 2.45) is 0 Å². The zero-order chi connectivity index (χ0) is 11.1. The highest BCUT2D eigenvalue weighted by Crippen LogP contribution is 2.18. The van der Waals surface area contributed by atoms with E-state index in [2.05, 4.69) is 5.32 Å². The molecule has 1 amide bonds. The Morgan fingerprint density at radius 2 is 1.57 bits per heavy atom. The summed E-state index contributed by atoms with van der Waals surface area (Å²) in [5.41, 5.74) is 0.468. The monoisotopic (exact) mass is 233 g/mol. The van der Waals surface area contributed by atoms with Crippen LogP contribution in [0.2, 0.25) is 10.0 Å². The summed E-state index contributed by atoms with van der Waals surface area (Å²) in [5.74, 6) is -0.195. The minimum absolute atomic E-state index is 0.195. The Labute approximate surface area is 94.2 Å². The van der Waals surface area contributed by atoms with Gasteiger partial charge in [0.1, 0.15) is 0 Å². The average molecular weight is 234 g/mol. The molecule has 0 unspecified atom stereocenters. The Morgan fingerprint density at radius 3 is 1.93 bits per heavy atom. The van der Waals surface area contributed by atoms with Crippen LogP contribution >= 0.6 is 23.2 Å². The quantitative estimate of drug-likeness (QED) is 0.792. The van der Waals surface area contributed by atoms with Crippen LogP contribution in [-0.4, -0.2) is 13.0 Å². The molecule has 0 spiro atoms. The van der Waals surface area contributed by atoms with Gasteiger partial charge in [-0.05, 0) is 18.2 Å². The lowest BCUT2D eigenvalue weighted by molar-refractivity contribution is 0.0963. The smallest absolute Gasteiger partial charge is 0.251 e. The van der Waals surface area contributed by atoms with Crippen molar-refractivity contribution in [2.75, 3.05) is 7.05 Å². The molecule has 4 heteroatoms. The predicted octanol–water partition coefficient (Wildman–Crippen LogP) is 3.38. The number of benzene rings is 1. The first-order valence-corrected chi connectivity index (χ1v) is 5.07. The van der Waals surface area contributed by atoms with Crippen molar-refractivity contribution in [1.82, 2.24) is 5.32 Å². The molecule has 0 saturated heterocycles. The highest BCUT2D eigenvalue weighted by atomic mass is 35.5. The first-order valence-electron chi connectivity index (χ1n) is 4.31. The molecule has 0 aromatic heterocycles. The van der Waals surface area contributed by atoms with Gasteiger partial charge in [-0.3, -0.25) is 4.79 Å². The number of nitrogens with one attached hydrogen (secondary N) is 1. The lowest BCUT2D eigenvalue weighted by Gasteiger charge is -2.00. The van der Waals surface area contributed by atoms with Gasteiger partial charge in [0.2, 0.25) is 0 Å². The van der Waals surface area contributed by atoms with Crippen molar-refractivity contribution in [3.8, 4) is 0 Å². The third kappa shape index (κ3) is 3.99. The van der Waals surface area contributed by atoms with Gasteiger partial charge in [-0.25, -0.2) is 0 Å². The molecular weight excluding hydrogens is 221 g/mol. The average Bonchev–Trinajstić information content (AvgIpc) is 2.18. The maximum atomic E-state index is 11.1. The second-order valence-electron chi connectivity index (χ2n) is 2.24. The van der Waals surface area contributed by atoms with Crippen LogP contribution in [0.25, 0.3) is 0 Å². The maximum absolute atomic E-state index is 11.1. The predicted molar refractivity (Wildman–Crippen MR) is 61.2 cm³/mol. The minimum atomic E-state index is -0.195. The second kappa shape index (κ2) is 6.68. The van der Waals surface area contributed by atoms with E-state index in [0.29, 0.717) is 15.6 Å². The third-order valence-electron chi connectivity index (χ3n) is 1.35. The summed E-state index contributed by atoms with van der Waals surface area (Å²) in [5, 5.41) is 3.40. The van der Waals surface area contributed by atoms with E-state index in [1.807, 2.05) is 13.8 Å². The number of rotatable bonds is 1. The normalized spacial score (nSPS) is 8.64. The summed E-state index contributed by atoms with van der Waals surface area (Å²) >= 11 is 11.4. The molecule has 1 aromatic rings. The van der Waals surface area contributed by atoms with E-state index in [0.717, 1.165) is 0 Å². The van der Waals surface area contributed by atoms with Crippen molar-refractivity contribution < 1.29 is 4.79 Å². The third-order valence-corrected chi connectivity index (χ3v) is 1.79. The largest absolute Gasteiger partial charge is 0.355 e. The molecule has 1 N–H and O–H groups in total. The van der Waals surface area contributed by atoms with Crippen LogP contribution in [0.3, 0.4) is 0 Å². The molecule has 0 saturated carbocycles. The molecule has 0 aliphatic rings. The van der Waals surface area contributed by atoms with Gasteiger partial charge < -0.3 is 5.32 Å². The van der Waals surface area contributed by atoms with Crippen LogP contribution in [-0.2, 0) is 0 Å². The van der Waals surface area contributed by atoms with Crippen LogP contribution in [0.4, 0.5) is 0 Å². The van der Waals surface area contributed by atoms with Crippen molar-refractivity contribution in [3.63, 3.8) is 0 Å². The fraction of sp³-hybridized carbons (Fsp3) is 0.300. The molecule has 0 atom stereocenters. The summed E-state index contributed by atoms with van der Waals surface area (Å²) in [6.07, 6.45) is 0. The number of carbonyl (C=O) groups is 1. The van der Waals surface area contributed by atoms with Crippen LogP contribution < -0.4 is 5.32 Å². The van der Waals surface area contributed by atoms with Gasteiger partial charge in [0.15, 0.2) is 0 Å². The Hall–Kier alpha value is -0.730. The summed E-state index contributed by atoms with van der Waals surface area (Å²) in [4.78, 5) is 11.1. The molecule has 0 bridgehead atoms. The van der Waals surface area contributed by atoms with Crippen molar-refractivity contribution in [1.29, 1.82) is 0 Å². The zero-order valence-corrected chi connectivity index (χ0v) is 9.91. The Morgan fingerprint density at radius 1 is 1.14 bits per heavy atom. The standard InChI is InChI=1S/C8H7Cl2NO.C2H6/c1-11-8(12)5-2-6(9)4-7(10)3-5;1-2/h2-4H,1H3,(H,11,12);1-2H3. The van der Waals surface area contributed by atoms with Crippen molar-refractivity contribution in [3.05, 3.63) is 33.8 Å². The van der Waals surface area contributed by atoms with Crippen LogP contribution in [0.1, 0.15) is 24.2 Å². The summed E-state index contributed by atoms with van der Waals surface area (Å²) in [7, 11) is 1.55. The van der Waals surface area contributed by atoms with Gasteiger partial charge in [0, 0.05) is 22.7 Å². The second-order valence-corrected chi connectivity index (χ2v) is 3.11. The fourth-order valence-electron chi connectivity index (χ4n) is 0.829. The van der Waals surface area contributed by atoms with Crippen LogP contribution in [0.5, 0.6) is 0 Å². The minimum Gasteiger partial charge on any atom is -0.355 e.